The standard InChI is InChI=1S/C15H27N3/c1-3-5-13-6-8-14(9-7-13)18-12-17-11-15(18)10-16-4-2/h11-14,16H,3-10H2,1-2H3. The molecule has 1 aromatic rings. The van der Waals surface area contributed by atoms with E-state index in [2.05, 4.69) is 28.7 Å². The summed E-state index contributed by atoms with van der Waals surface area (Å²) in [6, 6.07) is 0.689. The Morgan fingerprint density at radius 2 is 2.06 bits per heavy atom. The second kappa shape index (κ2) is 6.93. The van der Waals surface area contributed by atoms with Crippen LogP contribution in [-0.4, -0.2) is 16.1 Å². The van der Waals surface area contributed by atoms with E-state index in [4.69, 9.17) is 0 Å². The summed E-state index contributed by atoms with van der Waals surface area (Å²) in [5, 5.41) is 3.40. The van der Waals surface area contributed by atoms with Crippen molar-refractivity contribution in [3.05, 3.63) is 18.2 Å². The highest BCUT2D eigenvalue weighted by Gasteiger charge is 2.22. The van der Waals surface area contributed by atoms with Crippen molar-refractivity contribution < 1.29 is 0 Å². The van der Waals surface area contributed by atoms with Gasteiger partial charge in [-0.15, -0.1) is 0 Å². The number of aromatic nitrogens is 2. The first-order valence-corrected chi connectivity index (χ1v) is 7.56. The van der Waals surface area contributed by atoms with Crippen LogP contribution in [0.15, 0.2) is 12.5 Å². The lowest BCUT2D eigenvalue weighted by Crippen LogP contribution is -2.21. The number of nitrogens with zero attached hydrogens (tertiary/aromatic N) is 2. The summed E-state index contributed by atoms with van der Waals surface area (Å²) in [6.45, 7) is 6.42. The minimum absolute atomic E-state index is 0.689. The molecule has 102 valence electrons. The van der Waals surface area contributed by atoms with Gasteiger partial charge in [-0.2, -0.15) is 0 Å². The number of imidazole rings is 1. The zero-order valence-electron chi connectivity index (χ0n) is 11.9. The molecule has 3 nitrogen and oxygen atoms in total. The normalized spacial score (nSPS) is 24.3. The van der Waals surface area contributed by atoms with E-state index in [0.717, 1.165) is 19.0 Å². The van der Waals surface area contributed by atoms with Gasteiger partial charge >= 0.3 is 0 Å². The van der Waals surface area contributed by atoms with Crippen molar-refractivity contribution in [2.24, 2.45) is 5.92 Å². The van der Waals surface area contributed by atoms with Gasteiger partial charge in [0.25, 0.3) is 0 Å². The number of rotatable bonds is 6. The lowest BCUT2D eigenvalue weighted by Gasteiger charge is -2.30. The van der Waals surface area contributed by atoms with Crippen LogP contribution in [-0.2, 0) is 6.54 Å². The van der Waals surface area contributed by atoms with Crippen LogP contribution in [0.5, 0.6) is 0 Å². The summed E-state index contributed by atoms with van der Waals surface area (Å²) in [7, 11) is 0. The fourth-order valence-electron chi connectivity index (χ4n) is 3.17. The zero-order valence-corrected chi connectivity index (χ0v) is 11.9. The molecule has 1 N–H and O–H groups in total. The third kappa shape index (κ3) is 3.35. The van der Waals surface area contributed by atoms with Gasteiger partial charge in [0, 0.05) is 18.8 Å². The Morgan fingerprint density at radius 3 is 2.72 bits per heavy atom. The number of hydrogen-bond acceptors (Lipinski definition) is 2. The Labute approximate surface area is 111 Å². The molecule has 0 amide bonds. The highest BCUT2D eigenvalue weighted by atomic mass is 15.1. The highest BCUT2D eigenvalue weighted by molar-refractivity contribution is 5.01. The van der Waals surface area contributed by atoms with Crippen molar-refractivity contribution in [1.29, 1.82) is 0 Å². The minimum Gasteiger partial charge on any atom is -0.330 e. The van der Waals surface area contributed by atoms with E-state index in [1.54, 1.807) is 0 Å². The summed E-state index contributed by atoms with van der Waals surface area (Å²) in [6.07, 6.45) is 12.3. The molecule has 0 atom stereocenters. The van der Waals surface area contributed by atoms with Crippen molar-refractivity contribution in [2.45, 2.75) is 65.0 Å². The maximum Gasteiger partial charge on any atom is 0.0951 e. The first kappa shape index (κ1) is 13.6. The van der Waals surface area contributed by atoms with Gasteiger partial charge in [0.2, 0.25) is 0 Å². The Morgan fingerprint density at radius 1 is 1.28 bits per heavy atom. The van der Waals surface area contributed by atoms with Gasteiger partial charge in [-0.05, 0) is 38.1 Å². The van der Waals surface area contributed by atoms with E-state index in [9.17, 15) is 0 Å². The molecule has 1 aromatic heterocycles. The zero-order chi connectivity index (χ0) is 12.8. The first-order valence-electron chi connectivity index (χ1n) is 7.56. The van der Waals surface area contributed by atoms with Gasteiger partial charge in [0.1, 0.15) is 0 Å². The van der Waals surface area contributed by atoms with E-state index in [1.807, 2.05) is 12.5 Å². The molecular formula is C15H27N3. The second-order valence-electron chi connectivity index (χ2n) is 5.54. The van der Waals surface area contributed by atoms with Crippen molar-refractivity contribution in [3.63, 3.8) is 0 Å². The number of nitrogens with one attached hydrogen (secondary N) is 1. The fraction of sp³-hybridized carbons (Fsp3) is 0.800. The second-order valence-corrected chi connectivity index (χ2v) is 5.54. The van der Waals surface area contributed by atoms with Crippen molar-refractivity contribution in [2.75, 3.05) is 6.54 Å². The lowest BCUT2D eigenvalue weighted by atomic mass is 9.83. The van der Waals surface area contributed by atoms with Gasteiger partial charge in [-0.3, -0.25) is 0 Å². The predicted octanol–water partition coefficient (Wildman–Crippen LogP) is 3.52. The fourth-order valence-corrected chi connectivity index (χ4v) is 3.17. The van der Waals surface area contributed by atoms with Crippen LogP contribution in [0.3, 0.4) is 0 Å². The SMILES string of the molecule is CCCC1CCC(n2cncc2CNCC)CC1. The quantitative estimate of drug-likeness (QED) is 0.836. The van der Waals surface area contributed by atoms with Crippen LogP contribution in [0.4, 0.5) is 0 Å². The van der Waals surface area contributed by atoms with Crippen LogP contribution >= 0.6 is 0 Å². The van der Waals surface area contributed by atoms with E-state index >= 15 is 0 Å². The maximum atomic E-state index is 4.33. The monoisotopic (exact) mass is 249 g/mol. The van der Waals surface area contributed by atoms with Crippen LogP contribution in [0.1, 0.15) is 64.1 Å². The summed E-state index contributed by atoms with van der Waals surface area (Å²) in [5.41, 5.74) is 1.34. The average molecular weight is 249 g/mol. The molecule has 0 spiro atoms. The first-order chi connectivity index (χ1) is 8.85. The molecule has 0 saturated heterocycles. The van der Waals surface area contributed by atoms with Gasteiger partial charge < -0.3 is 9.88 Å². The summed E-state index contributed by atoms with van der Waals surface area (Å²) < 4.78 is 2.41. The molecule has 2 rings (SSSR count). The Kier molecular flexibility index (Phi) is 5.24. The molecule has 0 bridgehead atoms. The third-order valence-corrected chi connectivity index (χ3v) is 4.21. The minimum atomic E-state index is 0.689. The van der Waals surface area contributed by atoms with Crippen LogP contribution in [0, 0.1) is 5.92 Å². The van der Waals surface area contributed by atoms with Gasteiger partial charge in [-0.1, -0.05) is 26.7 Å². The lowest BCUT2D eigenvalue weighted by molar-refractivity contribution is 0.259. The van der Waals surface area contributed by atoms with Gasteiger partial charge in [0.05, 0.1) is 12.0 Å². The van der Waals surface area contributed by atoms with Crippen molar-refractivity contribution in [3.8, 4) is 0 Å². The smallest absolute Gasteiger partial charge is 0.0951 e. The molecular weight excluding hydrogens is 222 g/mol. The number of hydrogen-bond donors (Lipinski definition) is 1. The molecule has 3 heteroatoms. The molecule has 1 saturated carbocycles. The molecule has 0 aromatic carbocycles. The van der Waals surface area contributed by atoms with E-state index in [0.29, 0.717) is 6.04 Å². The van der Waals surface area contributed by atoms with Gasteiger partial charge in [0.15, 0.2) is 0 Å². The van der Waals surface area contributed by atoms with Crippen LogP contribution < -0.4 is 5.32 Å². The molecule has 0 aliphatic heterocycles. The van der Waals surface area contributed by atoms with Crippen LogP contribution in [0.25, 0.3) is 0 Å². The summed E-state index contributed by atoms with van der Waals surface area (Å²) >= 11 is 0. The molecule has 1 fully saturated rings. The average Bonchev–Trinajstić information content (AvgIpc) is 2.86. The van der Waals surface area contributed by atoms with Crippen LogP contribution in [0.2, 0.25) is 0 Å². The van der Waals surface area contributed by atoms with E-state index in [-0.39, 0.29) is 0 Å². The summed E-state index contributed by atoms with van der Waals surface area (Å²) in [4.78, 5) is 4.33. The Hall–Kier alpha value is -0.830. The molecule has 1 aliphatic carbocycles. The molecule has 0 radical (unpaired) electrons. The molecule has 0 unspecified atom stereocenters. The van der Waals surface area contributed by atoms with Crippen molar-refractivity contribution in [1.82, 2.24) is 14.9 Å². The molecule has 1 aliphatic rings. The summed E-state index contributed by atoms with van der Waals surface area (Å²) in [5.74, 6) is 0.979. The van der Waals surface area contributed by atoms with E-state index in [1.165, 1.54) is 44.2 Å². The molecule has 18 heavy (non-hydrogen) atoms. The maximum absolute atomic E-state index is 4.33. The molecule has 1 heterocycles. The Bertz CT molecular complexity index is 337. The predicted molar refractivity (Wildman–Crippen MR) is 75.5 cm³/mol. The van der Waals surface area contributed by atoms with E-state index < -0.39 is 0 Å². The highest BCUT2D eigenvalue weighted by Crippen LogP contribution is 2.34. The van der Waals surface area contributed by atoms with Crippen molar-refractivity contribution >= 4 is 0 Å². The van der Waals surface area contributed by atoms with Gasteiger partial charge in [-0.25, -0.2) is 4.98 Å². The topological polar surface area (TPSA) is 29.9 Å². The Balaban J connectivity index is 1.90. The largest absolute Gasteiger partial charge is 0.330 e. The third-order valence-electron chi connectivity index (χ3n) is 4.21.